The van der Waals surface area contributed by atoms with Crippen LogP contribution < -0.4 is 0 Å². The average Bonchev–Trinajstić information content (AvgIpc) is 2.10. The number of unbranched alkanes of at least 4 members (excludes halogenated alkanes) is 1. The summed E-state index contributed by atoms with van der Waals surface area (Å²) in [6.45, 7) is 11.8. The van der Waals surface area contributed by atoms with Crippen LogP contribution >= 0.6 is 0 Å². The van der Waals surface area contributed by atoms with Crippen molar-refractivity contribution in [3.63, 3.8) is 0 Å². The minimum absolute atomic E-state index is 0.570. The summed E-state index contributed by atoms with van der Waals surface area (Å²) in [5.74, 6) is 0.934. The van der Waals surface area contributed by atoms with E-state index in [4.69, 9.17) is 0 Å². The summed E-state index contributed by atoms with van der Waals surface area (Å²) in [6.07, 6.45) is 8.24. The topological polar surface area (TPSA) is 0 Å². The van der Waals surface area contributed by atoms with Crippen LogP contribution in [-0.2, 0) is 0 Å². The molecule has 0 aliphatic heterocycles. The van der Waals surface area contributed by atoms with Crippen LogP contribution in [0.25, 0.3) is 0 Å². The van der Waals surface area contributed by atoms with E-state index in [0.29, 0.717) is 5.41 Å². The maximum absolute atomic E-state index is 2.45. The van der Waals surface area contributed by atoms with E-state index in [1.165, 1.54) is 38.5 Å². The molecule has 0 fully saturated rings. The Morgan fingerprint density at radius 1 is 1.00 bits per heavy atom. The molecule has 80 valence electrons. The van der Waals surface area contributed by atoms with Crippen molar-refractivity contribution in [2.45, 2.75) is 73.1 Å². The van der Waals surface area contributed by atoms with Gasteiger partial charge in [0.25, 0.3) is 0 Å². The average molecular weight is 184 g/mol. The smallest absolute Gasteiger partial charge is 0.0326 e. The lowest BCUT2D eigenvalue weighted by atomic mass is 9.72. The van der Waals surface area contributed by atoms with Gasteiger partial charge in [0.15, 0.2) is 0 Å². The van der Waals surface area contributed by atoms with Crippen molar-refractivity contribution < 1.29 is 0 Å². The molecular weight excluding hydrogens is 156 g/mol. The molecule has 1 unspecified atom stereocenters. The van der Waals surface area contributed by atoms with Crippen molar-refractivity contribution >= 4 is 0 Å². The van der Waals surface area contributed by atoms with Gasteiger partial charge >= 0.3 is 0 Å². The molecule has 0 bridgehead atoms. The summed E-state index contributed by atoms with van der Waals surface area (Å²) in [4.78, 5) is 0. The first-order valence-electron chi connectivity index (χ1n) is 6.08. The minimum Gasteiger partial charge on any atom is -0.0654 e. The van der Waals surface area contributed by atoms with Crippen LogP contribution in [0.3, 0.4) is 0 Å². The molecule has 0 nitrogen and oxygen atoms in total. The lowest BCUT2D eigenvalue weighted by Crippen LogP contribution is -2.23. The first kappa shape index (κ1) is 13.0. The Morgan fingerprint density at radius 2 is 1.62 bits per heavy atom. The van der Waals surface area contributed by atoms with Gasteiger partial charge in [-0.2, -0.15) is 0 Å². The van der Waals surface area contributed by atoms with Crippen LogP contribution in [0.2, 0.25) is 0 Å². The summed E-state index contributed by atoms with van der Waals surface area (Å²) in [6, 6.07) is 0. The largest absolute Gasteiger partial charge is 0.0654 e. The maximum atomic E-state index is 2.45. The standard InChI is InChI=1S/C13H28/c1-6-9-11-13(4,5)12(8-3)10-7-2/h12H,6-11H2,1-5H3. The predicted octanol–water partition coefficient (Wildman–Crippen LogP) is 5.03. The van der Waals surface area contributed by atoms with E-state index < -0.39 is 0 Å². The van der Waals surface area contributed by atoms with Crippen LogP contribution in [0.4, 0.5) is 0 Å². The van der Waals surface area contributed by atoms with Crippen LogP contribution in [-0.4, -0.2) is 0 Å². The summed E-state index contributed by atoms with van der Waals surface area (Å²) in [7, 11) is 0. The van der Waals surface area contributed by atoms with Crippen LogP contribution in [0.1, 0.15) is 73.1 Å². The maximum Gasteiger partial charge on any atom is -0.0326 e. The van der Waals surface area contributed by atoms with E-state index in [-0.39, 0.29) is 0 Å². The van der Waals surface area contributed by atoms with Crippen molar-refractivity contribution in [1.82, 2.24) is 0 Å². The molecule has 0 aromatic heterocycles. The first-order chi connectivity index (χ1) is 6.08. The van der Waals surface area contributed by atoms with E-state index in [1.54, 1.807) is 0 Å². The van der Waals surface area contributed by atoms with Gasteiger partial charge in [-0.1, -0.05) is 66.7 Å². The molecule has 0 aromatic rings. The van der Waals surface area contributed by atoms with Gasteiger partial charge in [-0.3, -0.25) is 0 Å². The Balaban J connectivity index is 4.03. The van der Waals surface area contributed by atoms with Crippen LogP contribution in [0, 0.1) is 11.3 Å². The Kier molecular flexibility index (Phi) is 6.45. The monoisotopic (exact) mass is 184 g/mol. The Labute approximate surface area is 85.1 Å². The van der Waals surface area contributed by atoms with Crippen molar-refractivity contribution in [1.29, 1.82) is 0 Å². The lowest BCUT2D eigenvalue weighted by Gasteiger charge is -2.34. The first-order valence-corrected chi connectivity index (χ1v) is 6.08. The lowest BCUT2D eigenvalue weighted by molar-refractivity contribution is 0.171. The molecule has 0 amide bonds. The van der Waals surface area contributed by atoms with Gasteiger partial charge in [0.1, 0.15) is 0 Å². The van der Waals surface area contributed by atoms with Gasteiger partial charge in [0.2, 0.25) is 0 Å². The SMILES string of the molecule is CCCCC(C)(C)C(CC)CCC. The fourth-order valence-electron chi connectivity index (χ4n) is 2.33. The minimum atomic E-state index is 0.570. The molecular formula is C13H28. The summed E-state index contributed by atoms with van der Waals surface area (Å²) in [5, 5.41) is 0. The molecule has 0 radical (unpaired) electrons. The van der Waals surface area contributed by atoms with Crippen molar-refractivity contribution in [2.24, 2.45) is 11.3 Å². The zero-order valence-electron chi connectivity index (χ0n) is 10.3. The van der Waals surface area contributed by atoms with Gasteiger partial charge in [-0.25, -0.2) is 0 Å². The molecule has 0 aromatic carbocycles. The molecule has 0 saturated carbocycles. The summed E-state index contributed by atoms with van der Waals surface area (Å²) < 4.78 is 0. The Morgan fingerprint density at radius 3 is 2.00 bits per heavy atom. The summed E-state index contributed by atoms with van der Waals surface area (Å²) >= 11 is 0. The molecule has 0 heteroatoms. The van der Waals surface area contributed by atoms with Crippen molar-refractivity contribution in [2.75, 3.05) is 0 Å². The normalized spacial score (nSPS) is 14.5. The van der Waals surface area contributed by atoms with Gasteiger partial charge in [0.05, 0.1) is 0 Å². The van der Waals surface area contributed by atoms with E-state index in [9.17, 15) is 0 Å². The second kappa shape index (κ2) is 6.45. The number of hydrogen-bond acceptors (Lipinski definition) is 0. The predicted molar refractivity (Wildman–Crippen MR) is 62.0 cm³/mol. The molecule has 0 N–H and O–H groups in total. The quantitative estimate of drug-likeness (QED) is 0.520. The molecule has 0 heterocycles. The third-order valence-electron chi connectivity index (χ3n) is 3.41. The van der Waals surface area contributed by atoms with E-state index >= 15 is 0 Å². The van der Waals surface area contributed by atoms with Crippen molar-refractivity contribution in [3.8, 4) is 0 Å². The van der Waals surface area contributed by atoms with Gasteiger partial charge in [0, 0.05) is 0 Å². The number of rotatable bonds is 7. The van der Waals surface area contributed by atoms with E-state index in [2.05, 4.69) is 34.6 Å². The van der Waals surface area contributed by atoms with Gasteiger partial charge in [-0.15, -0.1) is 0 Å². The van der Waals surface area contributed by atoms with E-state index in [0.717, 1.165) is 5.92 Å². The second-order valence-electron chi connectivity index (χ2n) is 4.99. The molecule has 0 spiro atoms. The van der Waals surface area contributed by atoms with Crippen molar-refractivity contribution in [3.05, 3.63) is 0 Å². The third kappa shape index (κ3) is 4.69. The fourth-order valence-corrected chi connectivity index (χ4v) is 2.33. The molecule has 0 aliphatic rings. The van der Waals surface area contributed by atoms with Crippen LogP contribution in [0.5, 0.6) is 0 Å². The third-order valence-corrected chi connectivity index (χ3v) is 3.41. The zero-order valence-corrected chi connectivity index (χ0v) is 10.3. The van der Waals surface area contributed by atoms with Crippen LogP contribution in [0.15, 0.2) is 0 Å². The highest BCUT2D eigenvalue weighted by Gasteiger charge is 2.26. The van der Waals surface area contributed by atoms with E-state index in [1.807, 2.05) is 0 Å². The Bertz CT molecular complexity index is 113. The van der Waals surface area contributed by atoms with Gasteiger partial charge < -0.3 is 0 Å². The molecule has 13 heavy (non-hydrogen) atoms. The fraction of sp³-hybridized carbons (Fsp3) is 1.00. The molecule has 0 rings (SSSR count). The van der Waals surface area contributed by atoms with Gasteiger partial charge in [-0.05, 0) is 17.8 Å². The summed E-state index contributed by atoms with van der Waals surface area (Å²) in [5.41, 5.74) is 0.570. The molecule has 1 atom stereocenters. The second-order valence-corrected chi connectivity index (χ2v) is 4.99. The highest BCUT2D eigenvalue weighted by molar-refractivity contribution is 4.77. The highest BCUT2D eigenvalue weighted by atomic mass is 14.3. The Hall–Kier alpha value is 0. The zero-order chi connectivity index (χ0) is 10.3. The molecule has 0 aliphatic carbocycles. The molecule has 0 saturated heterocycles. The highest BCUT2D eigenvalue weighted by Crippen LogP contribution is 2.37. The number of hydrogen-bond donors (Lipinski definition) is 0.